The lowest BCUT2D eigenvalue weighted by Crippen LogP contribution is -2.01. The lowest BCUT2D eigenvalue weighted by Gasteiger charge is -2.08. The molecule has 4 aromatic rings. The molecule has 0 aliphatic heterocycles. The molecule has 118 valence electrons. The maximum atomic E-state index is 5.86. The summed E-state index contributed by atoms with van der Waals surface area (Å²) in [7, 11) is 0. The van der Waals surface area contributed by atoms with Crippen LogP contribution in [0.2, 0.25) is 0 Å². The Bertz CT molecular complexity index is 1010. The van der Waals surface area contributed by atoms with Crippen LogP contribution in [0.1, 0.15) is 0 Å². The van der Waals surface area contributed by atoms with Crippen LogP contribution in [0.4, 0.5) is 23.3 Å². The number of nitrogens with zero attached hydrogens (tertiary/aromatic N) is 3. The third kappa shape index (κ3) is 2.58. The van der Waals surface area contributed by atoms with E-state index in [1.165, 1.54) is 0 Å². The van der Waals surface area contributed by atoms with E-state index in [4.69, 9.17) is 11.5 Å². The molecule has 7 heteroatoms. The Morgan fingerprint density at radius 3 is 2.58 bits per heavy atom. The maximum Gasteiger partial charge on any atom is 0.222 e. The number of rotatable bonds is 3. The van der Waals surface area contributed by atoms with Crippen molar-refractivity contribution in [1.29, 1.82) is 0 Å². The molecule has 2 heterocycles. The molecule has 0 unspecified atom stereocenters. The van der Waals surface area contributed by atoms with Gasteiger partial charge in [0.2, 0.25) is 5.95 Å². The molecule has 2 aromatic carbocycles. The van der Waals surface area contributed by atoms with Crippen LogP contribution in [0, 0.1) is 0 Å². The molecule has 24 heavy (non-hydrogen) atoms. The van der Waals surface area contributed by atoms with Gasteiger partial charge in [0.25, 0.3) is 0 Å². The van der Waals surface area contributed by atoms with E-state index < -0.39 is 0 Å². The van der Waals surface area contributed by atoms with Gasteiger partial charge in [-0.15, -0.1) is 0 Å². The van der Waals surface area contributed by atoms with E-state index in [0.717, 1.165) is 27.8 Å². The molecule has 0 fully saturated rings. The Morgan fingerprint density at radius 1 is 0.917 bits per heavy atom. The van der Waals surface area contributed by atoms with E-state index in [0.29, 0.717) is 11.6 Å². The van der Waals surface area contributed by atoms with Crippen LogP contribution in [0.5, 0.6) is 0 Å². The van der Waals surface area contributed by atoms with Crippen molar-refractivity contribution in [2.45, 2.75) is 0 Å². The van der Waals surface area contributed by atoms with Gasteiger partial charge in [-0.3, -0.25) is 5.10 Å². The van der Waals surface area contributed by atoms with Crippen LogP contribution < -0.4 is 16.8 Å². The number of aromatic amines is 1. The van der Waals surface area contributed by atoms with Gasteiger partial charge in [-0.2, -0.15) is 10.1 Å². The SMILES string of the molecule is Nc1nc(Nc2ccccc2)cc(-c2ccc3c(N)n[nH]c3c2)n1. The summed E-state index contributed by atoms with van der Waals surface area (Å²) in [6.07, 6.45) is 0. The summed E-state index contributed by atoms with van der Waals surface area (Å²) in [6, 6.07) is 17.4. The van der Waals surface area contributed by atoms with Crippen molar-refractivity contribution in [3.05, 3.63) is 54.6 Å². The molecule has 0 saturated carbocycles. The van der Waals surface area contributed by atoms with E-state index in [1.54, 1.807) is 0 Å². The summed E-state index contributed by atoms with van der Waals surface area (Å²) in [4.78, 5) is 8.56. The number of benzene rings is 2. The summed E-state index contributed by atoms with van der Waals surface area (Å²) in [5, 5.41) is 11.0. The Labute approximate surface area is 137 Å². The number of anilines is 4. The maximum absolute atomic E-state index is 5.86. The molecular weight excluding hydrogens is 302 g/mol. The minimum Gasteiger partial charge on any atom is -0.382 e. The molecule has 0 aliphatic rings. The van der Waals surface area contributed by atoms with Gasteiger partial charge in [0.05, 0.1) is 11.2 Å². The number of nitrogens with one attached hydrogen (secondary N) is 2. The minimum atomic E-state index is 0.204. The molecule has 0 bridgehead atoms. The molecular formula is C17H15N7. The Kier molecular flexibility index (Phi) is 3.24. The van der Waals surface area contributed by atoms with Gasteiger partial charge in [0, 0.05) is 22.7 Å². The van der Waals surface area contributed by atoms with E-state index in [9.17, 15) is 0 Å². The van der Waals surface area contributed by atoms with Gasteiger partial charge in [-0.25, -0.2) is 4.98 Å². The highest BCUT2D eigenvalue weighted by atomic mass is 15.1. The van der Waals surface area contributed by atoms with Gasteiger partial charge >= 0.3 is 0 Å². The van der Waals surface area contributed by atoms with Crippen molar-refractivity contribution in [2.75, 3.05) is 16.8 Å². The van der Waals surface area contributed by atoms with Crippen LogP contribution in [0.15, 0.2) is 54.6 Å². The van der Waals surface area contributed by atoms with Crippen molar-refractivity contribution in [3.63, 3.8) is 0 Å². The number of fused-ring (bicyclic) bond motifs is 1. The zero-order valence-electron chi connectivity index (χ0n) is 12.7. The van der Waals surface area contributed by atoms with Crippen LogP contribution in [-0.4, -0.2) is 20.2 Å². The van der Waals surface area contributed by atoms with Gasteiger partial charge in [-0.1, -0.05) is 24.3 Å². The van der Waals surface area contributed by atoms with Crippen LogP contribution in [0.25, 0.3) is 22.2 Å². The summed E-state index contributed by atoms with van der Waals surface area (Å²) >= 11 is 0. The molecule has 0 aliphatic carbocycles. The minimum absolute atomic E-state index is 0.204. The first-order chi connectivity index (χ1) is 11.7. The van der Waals surface area contributed by atoms with E-state index in [1.807, 2.05) is 54.6 Å². The van der Waals surface area contributed by atoms with Crippen molar-refractivity contribution in [1.82, 2.24) is 20.2 Å². The van der Waals surface area contributed by atoms with E-state index in [-0.39, 0.29) is 5.95 Å². The number of nitrogens with two attached hydrogens (primary N) is 2. The summed E-state index contributed by atoms with van der Waals surface area (Å²) in [5.74, 6) is 1.31. The second-order valence-electron chi connectivity index (χ2n) is 5.36. The standard InChI is InChI=1S/C17H15N7/c18-16-12-7-6-10(8-14(12)23-24-16)13-9-15(22-17(19)21-13)20-11-4-2-1-3-5-11/h1-9H,(H3,18,23,24)(H3,19,20,21,22). The molecule has 2 aromatic heterocycles. The predicted molar refractivity (Wildman–Crippen MR) is 95.7 cm³/mol. The summed E-state index contributed by atoms with van der Waals surface area (Å²) in [6.45, 7) is 0. The topological polar surface area (TPSA) is 119 Å². The van der Waals surface area contributed by atoms with Gasteiger partial charge in [0.15, 0.2) is 5.82 Å². The number of para-hydroxylation sites is 1. The third-order valence-corrected chi connectivity index (χ3v) is 3.68. The number of hydrogen-bond acceptors (Lipinski definition) is 6. The smallest absolute Gasteiger partial charge is 0.222 e. The number of aromatic nitrogens is 4. The van der Waals surface area contributed by atoms with Gasteiger partial charge in [-0.05, 0) is 24.3 Å². The Hall–Kier alpha value is -3.61. The molecule has 0 radical (unpaired) electrons. The average molecular weight is 317 g/mol. The first-order valence-electron chi connectivity index (χ1n) is 7.40. The van der Waals surface area contributed by atoms with Crippen LogP contribution in [0.3, 0.4) is 0 Å². The van der Waals surface area contributed by atoms with Crippen molar-refractivity contribution < 1.29 is 0 Å². The second-order valence-corrected chi connectivity index (χ2v) is 5.36. The number of hydrogen-bond donors (Lipinski definition) is 4. The molecule has 0 atom stereocenters. The lowest BCUT2D eigenvalue weighted by atomic mass is 10.1. The molecule has 4 rings (SSSR count). The highest BCUT2D eigenvalue weighted by Crippen LogP contribution is 2.27. The zero-order chi connectivity index (χ0) is 16.5. The molecule has 0 saturated heterocycles. The first kappa shape index (κ1) is 14.0. The number of H-pyrrole nitrogens is 1. The second kappa shape index (κ2) is 5.54. The lowest BCUT2D eigenvalue weighted by molar-refractivity contribution is 1.13. The van der Waals surface area contributed by atoms with E-state index >= 15 is 0 Å². The largest absolute Gasteiger partial charge is 0.382 e. The van der Waals surface area contributed by atoms with Crippen molar-refractivity contribution >= 4 is 34.2 Å². The molecule has 7 nitrogen and oxygen atoms in total. The third-order valence-electron chi connectivity index (χ3n) is 3.68. The number of nitrogen functional groups attached to an aromatic ring is 2. The molecule has 0 amide bonds. The average Bonchev–Trinajstić information content (AvgIpc) is 2.96. The Balaban J connectivity index is 1.74. The van der Waals surface area contributed by atoms with E-state index in [2.05, 4.69) is 25.5 Å². The quantitative estimate of drug-likeness (QED) is 0.461. The fourth-order valence-corrected chi connectivity index (χ4v) is 2.55. The van der Waals surface area contributed by atoms with Crippen molar-refractivity contribution in [3.8, 4) is 11.3 Å². The van der Waals surface area contributed by atoms with Crippen molar-refractivity contribution in [2.24, 2.45) is 0 Å². The zero-order valence-corrected chi connectivity index (χ0v) is 12.7. The van der Waals surface area contributed by atoms with Crippen LogP contribution in [-0.2, 0) is 0 Å². The molecule has 6 N–H and O–H groups in total. The first-order valence-corrected chi connectivity index (χ1v) is 7.40. The Morgan fingerprint density at radius 2 is 1.75 bits per heavy atom. The predicted octanol–water partition coefficient (Wildman–Crippen LogP) is 2.93. The monoisotopic (exact) mass is 317 g/mol. The van der Waals surface area contributed by atoms with Crippen LogP contribution >= 0.6 is 0 Å². The summed E-state index contributed by atoms with van der Waals surface area (Å²) in [5.41, 5.74) is 15.1. The fraction of sp³-hybridized carbons (Fsp3) is 0. The summed E-state index contributed by atoms with van der Waals surface area (Å²) < 4.78 is 0. The molecule has 0 spiro atoms. The highest BCUT2D eigenvalue weighted by molar-refractivity contribution is 5.91. The highest BCUT2D eigenvalue weighted by Gasteiger charge is 2.08. The van der Waals surface area contributed by atoms with Gasteiger partial charge < -0.3 is 16.8 Å². The normalized spacial score (nSPS) is 10.8. The fourth-order valence-electron chi connectivity index (χ4n) is 2.55. The van der Waals surface area contributed by atoms with Gasteiger partial charge in [0.1, 0.15) is 5.82 Å².